The van der Waals surface area contributed by atoms with Gasteiger partial charge in [-0.3, -0.25) is 0 Å². The summed E-state index contributed by atoms with van der Waals surface area (Å²) >= 11 is 0. The Kier molecular flexibility index (Phi) is 4.51. The summed E-state index contributed by atoms with van der Waals surface area (Å²) in [7, 11) is -3.78. The lowest BCUT2D eigenvalue weighted by Crippen LogP contribution is -2.41. The molecule has 0 amide bonds. The molecule has 0 radical (unpaired) electrons. The summed E-state index contributed by atoms with van der Waals surface area (Å²) in [6, 6.07) is 3.65. The smallest absolute Gasteiger partial charge is 0.241 e. The van der Waals surface area contributed by atoms with Crippen molar-refractivity contribution in [3.05, 3.63) is 29.6 Å². The highest BCUT2D eigenvalue weighted by molar-refractivity contribution is 7.89. The summed E-state index contributed by atoms with van der Waals surface area (Å²) in [6.45, 7) is 0.822. The number of halogens is 1. The summed E-state index contributed by atoms with van der Waals surface area (Å²) in [6.07, 6.45) is 1.52. The van der Waals surface area contributed by atoms with E-state index in [0.29, 0.717) is 19.6 Å². The predicted molar refractivity (Wildman–Crippen MR) is 68.5 cm³/mol. The number of hydrogen-bond acceptors (Lipinski definition) is 4. The summed E-state index contributed by atoms with van der Waals surface area (Å²) < 4.78 is 45.8. The van der Waals surface area contributed by atoms with Gasteiger partial charge in [0.25, 0.3) is 0 Å². The third-order valence-electron chi connectivity index (χ3n) is 3.05. The number of rotatable bonds is 4. The van der Waals surface area contributed by atoms with Crippen molar-refractivity contribution in [2.75, 3.05) is 13.2 Å². The van der Waals surface area contributed by atoms with Crippen LogP contribution in [0.25, 0.3) is 0 Å². The molecular formula is C12H17FN2O3S. The maximum Gasteiger partial charge on any atom is 0.241 e. The summed E-state index contributed by atoms with van der Waals surface area (Å²) in [5.41, 5.74) is 5.43. The summed E-state index contributed by atoms with van der Waals surface area (Å²) in [5.74, 6) is -0.606. The molecule has 0 saturated carbocycles. The average Bonchev–Trinajstić information content (AvgIpc) is 2.39. The van der Waals surface area contributed by atoms with Crippen molar-refractivity contribution in [1.82, 2.24) is 4.72 Å². The van der Waals surface area contributed by atoms with Crippen LogP contribution in [0.1, 0.15) is 18.4 Å². The maximum absolute atomic E-state index is 13.6. The van der Waals surface area contributed by atoms with E-state index in [9.17, 15) is 12.8 Å². The standard InChI is InChI=1S/C12H17FN2O3S/c13-11-4-1-5-12(10(11)7-14)19(16,17)15-9-3-2-6-18-8-9/h1,4-5,9,15H,2-3,6-8,14H2. The van der Waals surface area contributed by atoms with Crippen LogP contribution in [0, 0.1) is 5.82 Å². The van der Waals surface area contributed by atoms with E-state index in [1.54, 1.807) is 0 Å². The zero-order valence-corrected chi connectivity index (χ0v) is 11.2. The first-order valence-electron chi connectivity index (χ1n) is 6.12. The number of hydrogen-bond donors (Lipinski definition) is 2. The fourth-order valence-electron chi connectivity index (χ4n) is 2.11. The molecule has 0 aromatic heterocycles. The first-order chi connectivity index (χ1) is 9.04. The predicted octanol–water partition coefficient (Wildman–Crippen LogP) is 0.742. The number of sulfonamides is 1. The van der Waals surface area contributed by atoms with Crippen LogP contribution in [-0.2, 0) is 21.3 Å². The molecule has 19 heavy (non-hydrogen) atoms. The monoisotopic (exact) mass is 288 g/mol. The van der Waals surface area contributed by atoms with Gasteiger partial charge >= 0.3 is 0 Å². The zero-order chi connectivity index (χ0) is 13.9. The summed E-state index contributed by atoms with van der Waals surface area (Å²) in [5, 5.41) is 0. The maximum atomic E-state index is 13.6. The molecule has 0 aliphatic carbocycles. The van der Waals surface area contributed by atoms with Crippen molar-refractivity contribution >= 4 is 10.0 Å². The molecule has 106 valence electrons. The van der Waals surface area contributed by atoms with Gasteiger partial charge in [0.05, 0.1) is 11.5 Å². The van der Waals surface area contributed by atoms with Gasteiger partial charge in [0.2, 0.25) is 10.0 Å². The van der Waals surface area contributed by atoms with Gasteiger partial charge in [0, 0.05) is 24.8 Å². The van der Waals surface area contributed by atoms with Crippen molar-refractivity contribution in [1.29, 1.82) is 0 Å². The van der Waals surface area contributed by atoms with E-state index in [-0.39, 0.29) is 23.0 Å². The SMILES string of the molecule is NCc1c(F)cccc1S(=O)(=O)NC1CCCOC1. The van der Waals surface area contributed by atoms with Crippen LogP contribution in [0.2, 0.25) is 0 Å². The molecule has 1 aromatic carbocycles. The van der Waals surface area contributed by atoms with Crippen LogP contribution in [0.5, 0.6) is 0 Å². The van der Waals surface area contributed by atoms with Crippen molar-refractivity contribution in [3.8, 4) is 0 Å². The van der Waals surface area contributed by atoms with E-state index < -0.39 is 15.8 Å². The highest BCUT2D eigenvalue weighted by atomic mass is 32.2. The van der Waals surface area contributed by atoms with Gasteiger partial charge in [0.15, 0.2) is 0 Å². The van der Waals surface area contributed by atoms with E-state index in [1.165, 1.54) is 18.2 Å². The minimum Gasteiger partial charge on any atom is -0.380 e. The third-order valence-corrected chi connectivity index (χ3v) is 4.66. The lowest BCUT2D eigenvalue weighted by atomic mass is 10.1. The van der Waals surface area contributed by atoms with E-state index in [2.05, 4.69) is 4.72 Å². The molecule has 0 bridgehead atoms. The Hall–Kier alpha value is -1.02. The van der Waals surface area contributed by atoms with Gasteiger partial charge in [-0.25, -0.2) is 17.5 Å². The molecule has 3 N–H and O–H groups in total. The number of benzene rings is 1. The van der Waals surface area contributed by atoms with Crippen LogP contribution >= 0.6 is 0 Å². The fourth-order valence-corrected chi connectivity index (χ4v) is 3.62. The first kappa shape index (κ1) is 14.4. The molecule has 1 saturated heterocycles. The molecule has 1 aliphatic rings. The van der Waals surface area contributed by atoms with Crippen LogP contribution < -0.4 is 10.5 Å². The van der Waals surface area contributed by atoms with Gasteiger partial charge in [-0.2, -0.15) is 0 Å². The molecular weight excluding hydrogens is 271 g/mol. The Morgan fingerprint density at radius 2 is 2.26 bits per heavy atom. The second-order valence-corrected chi connectivity index (χ2v) is 6.14. The fraction of sp³-hybridized carbons (Fsp3) is 0.500. The Morgan fingerprint density at radius 1 is 1.47 bits per heavy atom. The minimum absolute atomic E-state index is 0.00623. The Balaban J connectivity index is 2.26. The molecule has 7 heteroatoms. The molecule has 1 unspecified atom stereocenters. The van der Waals surface area contributed by atoms with E-state index >= 15 is 0 Å². The zero-order valence-electron chi connectivity index (χ0n) is 10.4. The quantitative estimate of drug-likeness (QED) is 0.856. The van der Waals surface area contributed by atoms with Crippen LogP contribution in [-0.4, -0.2) is 27.7 Å². The molecule has 1 fully saturated rings. The Bertz CT molecular complexity index is 542. The molecule has 0 spiro atoms. The van der Waals surface area contributed by atoms with Crippen LogP contribution in [0.3, 0.4) is 0 Å². The van der Waals surface area contributed by atoms with Gasteiger partial charge in [-0.1, -0.05) is 6.07 Å². The van der Waals surface area contributed by atoms with Crippen LogP contribution in [0.15, 0.2) is 23.1 Å². The lowest BCUT2D eigenvalue weighted by Gasteiger charge is -2.23. The second kappa shape index (κ2) is 5.96. The largest absolute Gasteiger partial charge is 0.380 e. The minimum atomic E-state index is -3.78. The number of nitrogens with one attached hydrogen (secondary N) is 1. The van der Waals surface area contributed by atoms with E-state index in [4.69, 9.17) is 10.5 Å². The molecule has 2 rings (SSSR count). The van der Waals surface area contributed by atoms with Crippen LogP contribution in [0.4, 0.5) is 4.39 Å². The summed E-state index contributed by atoms with van der Waals surface area (Å²) in [4.78, 5) is -0.0967. The lowest BCUT2D eigenvalue weighted by molar-refractivity contribution is 0.0774. The Labute approximate surface area is 112 Å². The molecule has 1 heterocycles. The highest BCUT2D eigenvalue weighted by Gasteiger charge is 2.25. The third kappa shape index (κ3) is 3.30. The van der Waals surface area contributed by atoms with Gasteiger partial charge in [-0.05, 0) is 25.0 Å². The van der Waals surface area contributed by atoms with Gasteiger partial charge in [0.1, 0.15) is 5.82 Å². The van der Waals surface area contributed by atoms with Crippen molar-refractivity contribution in [2.24, 2.45) is 5.73 Å². The molecule has 1 atom stereocenters. The van der Waals surface area contributed by atoms with Crippen molar-refractivity contribution < 1.29 is 17.5 Å². The van der Waals surface area contributed by atoms with E-state index in [0.717, 1.165) is 6.42 Å². The second-order valence-electron chi connectivity index (χ2n) is 4.46. The molecule has 1 aromatic rings. The van der Waals surface area contributed by atoms with Crippen molar-refractivity contribution in [2.45, 2.75) is 30.3 Å². The average molecular weight is 288 g/mol. The molecule has 1 aliphatic heterocycles. The van der Waals surface area contributed by atoms with E-state index in [1.807, 2.05) is 0 Å². The number of ether oxygens (including phenoxy) is 1. The van der Waals surface area contributed by atoms with Crippen molar-refractivity contribution in [3.63, 3.8) is 0 Å². The molecule has 5 nitrogen and oxygen atoms in total. The first-order valence-corrected chi connectivity index (χ1v) is 7.60. The number of nitrogens with two attached hydrogens (primary N) is 1. The topological polar surface area (TPSA) is 81.4 Å². The Morgan fingerprint density at radius 3 is 2.89 bits per heavy atom. The highest BCUT2D eigenvalue weighted by Crippen LogP contribution is 2.19. The van der Waals surface area contributed by atoms with Gasteiger partial charge < -0.3 is 10.5 Å². The normalized spacial score (nSPS) is 20.4. The van der Waals surface area contributed by atoms with Gasteiger partial charge in [-0.15, -0.1) is 0 Å².